The SMILES string of the molecule is CC[C@@H](N)c1ccccc1OCC(=O)NC(C)C. The van der Waals surface area contributed by atoms with E-state index in [4.69, 9.17) is 10.5 Å². The number of carbonyl (C=O) groups is 1. The Bertz CT molecular complexity index is 391. The molecule has 0 aromatic heterocycles. The maximum absolute atomic E-state index is 11.5. The maximum Gasteiger partial charge on any atom is 0.258 e. The summed E-state index contributed by atoms with van der Waals surface area (Å²) in [5, 5.41) is 2.78. The number of hydrogen-bond donors (Lipinski definition) is 2. The Kier molecular flexibility index (Phi) is 5.65. The fourth-order valence-electron chi connectivity index (χ4n) is 1.65. The second-order valence-electron chi connectivity index (χ2n) is 4.56. The zero-order chi connectivity index (χ0) is 13.5. The highest BCUT2D eigenvalue weighted by atomic mass is 16.5. The van der Waals surface area contributed by atoms with E-state index < -0.39 is 0 Å². The normalized spacial score (nSPS) is 12.3. The maximum atomic E-state index is 11.5. The first-order valence-electron chi connectivity index (χ1n) is 6.31. The van der Waals surface area contributed by atoms with Crippen molar-refractivity contribution in [2.75, 3.05) is 6.61 Å². The predicted octanol–water partition coefficient (Wildman–Crippen LogP) is 2.00. The van der Waals surface area contributed by atoms with Crippen molar-refractivity contribution in [3.05, 3.63) is 29.8 Å². The van der Waals surface area contributed by atoms with Gasteiger partial charge >= 0.3 is 0 Å². The van der Waals surface area contributed by atoms with Gasteiger partial charge in [0.2, 0.25) is 0 Å². The molecule has 4 nitrogen and oxygen atoms in total. The molecule has 4 heteroatoms. The minimum atomic E-state index is -0.120. The second kappa shape index (κ2) is 7.01. The van der Waals surface area contributed by atoms with Crippen LogP contribution in [-0.4, -0.2) is 18.6 Å². The Morgan fingerprint density at radius 1 is 1.39 bits per heavy atom. The third-order valence-electron chi connectivity index (χ3n) is 2.57. The largest absolute Gasteiger partial charge is 0.483 e. The molecular formula is C14H22N2O2. The molecule has 0 aliphatic rings. The van der Waals surface area contributed by atoms with Crippen molar-refractivity contribution in [3.63, 3.8) is 0 Å². The number of para-hydroxylation sites is 1. The Balaban J connectivity index is 2.64. The van der Waals surface area contributed by atoms with E-state index in [1.807, 2.05) is 45.0 Å². The molecule has 0 heterocycles. The highest BCUT2D eigenvalue weighted by Gasteiger charge is 2.11. The van der Waals surface area contributed by atoms with Crippen LogP contribution in [-0.2, 0) is 4.79 Å². The van der Waals surface area contributed by atoms with Gasteiger partial charge in [0.15, 0.2) is 6.61 Å². The molecule has 0 spiro atoms. The Hall–Kier alpha value is -1.55. The van der Waals surface area contributed by atoms with Gasteiger partial charge in [-0.15, -0.1) is 0 Å². The Labute approximate surface area is 109 Å². The van der Waals surface area contributed by atoms with Crippen molar-refractivity contribution < 1.29 is 9.53 Å². The van der Waals surface area contributed by atoms with Crippen LogP contribution in [0.5, 0.6) is 5.75 Å². The lowest BCUT2D eigenvalue weighted by molar-refractivity contribution is -0.123. The van der Waals surface area contributed by atoms with E-state index in [0.29, 0.717) is 5.75 Å². The molecule has 0 saturated heterocycles. The minimum Gasteiger partial charge on any atom is -0.483 e. The smallest absolute Gasteiger partial charge is 0.258 e. The van der Waals surface area contributed by atoms with E-state index in [0.717, 1.165) is 12.0 Å². The molecule has 0 aliphatic heterocycles. The van der Waals surface area contributed by atoms with Crippen LogP contribution in [0, 0.1) is 0 Å². The number of hydrogen-bond acceptors (Lipinski definition) is 3. The summed E-state index contributed by atoms with van der Waals surface area (Å²) < 4.78 is 5.53. The quantitative estimate of drug-likeness (QED) is 0.811. The molecule has 1 rings (SSSR count). The lowest BCUT2D eigenvalue weighted by Gasteiger charge is -2.16. The molecule has 1 amide bonds. The van der Waals surface area contributed by atoms with Crippen LogP contribution in [0.1, 0.15) is 38.8 Å². The van der Waals surface area contributed by atoms with E-state index in [1.54, 1.807) is 0 Å². The van der Waals surface area contributed by atoms with E-state index >= 15 is 0 Å². The van der Waals surface area contributed by atoms with Gasteiger partial charge in [0.25, 0.3) is 5.91 Å². The highest BCUT2D eigenvalue weighted by Crippen LogP contribution is 2.25. The van der Waals surface area contributed by atoms with E-state index in [2.05, 4.69) is 5.32 Å². The van der Waals surface area contributed by atoms with Crippen molar-refractivity contribution >= 4 is 5.91 Å². The fraction of sp³-hybridized carbons (Fsp3) is 0.500. The number of ether oxygens (including phenoxy) is 1. The zero-order valence-electron chi connectivity index (χ0n) is 11.3. The second-order valence-corrected chi connectivity index (χ2v) is 4.56. The summed E-state index contributed by atoms with van der Waals surface area (Å²) in [6.07, 6.45) is 0.832. The van der Waals surface area contributed by atoms with Crippen LogP contribution >= 0.6 is 0 Å². The summed E-state index contributed by atoms with van der Waals surface area (Å²) in [6, 6.07) is 7.63. The number of benzene rings is 1. The molecule has 1 aromatic carbocycles. The van der Waals surface area contributed by atoms with Crippen LogP contribution in [0.25, 0.3) is 0 Å². The van der Waals surface area contributed by atoms with Gasteiger partial charge in [0, 0.05) is 17.6 Å². The van der Waals surface area contributed by atoms with E-state index in [-0.39, 0.29) is 24.6 Å². The standard InChI is InChI=1S/C14H22N2O2/c1-4-12(15)11-7-5-6-8-13(11)18-9-14(17)16-10(2)3/h5-8,10,12H,4,9,15H2,1-3H3,(H,16,17)/t12-/m1/s1. The number of nitrogens with one attached hydrogen (secondary N) is 1. The average molecular weight is 250 g/mol. The van der Waals surface area contributed by atoms with Crippen molar-refractivity contribution in [1.29, 1.82) is 0 Å². The number of rotatable bonds is 6. The molecule has 1 aromatic rings. The summed E-state index contributed by atoms with van der Waals surface area (Å²) in [6.45, 7) is 5.87. The Morgan fingerprint density at radius 2 is 2.06 bits per heavy atom. The first kappa shape index (κ1) is 14.5. The van der Waals surface area contributed by atoms with Crippen molar-refractivity contribution in [2.45, 2.75) is 39.3 Å². The van der Waals surface area contributed by atoms with Crippen molar-refractivity contribution in [3.8, 4) is 5.75 Å². The highest BCUT2D eigenvalue weighted by molar-refractivity contribution is 5.77. The summed E-state index contributed by atoms with van der Waals surface area (Å²) in [4.78, 5) is 11.5. The first-order chi connectivity index (χ1) is 8.54. The van der Waals surface area contributed by atoms with Gasteiger partial charge in [-0.2, -0.15) is 0 Å². The van der Waals surface area contributed by atoms with E-state index in [1.165, 1.54) is 0 Å². The summed E-state index contributed by atoms with van der Waals surface area (Å²) >= 11 is 0. The monoisotopic (exact) mass is 250 g/mol. The molecule has 0 bridgehead atoms. The lowest BCUT2D eigenvalue weighted by Crippen LogP contribution is -2.34. The molecule has 0 fully saturated rings. The third kappa shape index (κ3) is 4.37. The van der Waals surface area contributed by atoms with Gasteiger partial charge in [0.1, 0.15) is 5.75 Å². The molecule has 0 radical (unpaired) electrons. The minimum absolute atomic E-state index is 0.0195. The molecular weight excluding hydrogens is 228 g/mol. The summed E-state index contributed by atoms with van der Waals surface area (Å²) in [5.74, 6) is 0.565. The number of amides is 1. The first-order valence-corrected chi connectivity index (χ1v) is 6.31. The van der Waals surface area contributed by atoms with Gasteiger partial charge in [-0.05, 0) is 26.3 Å². The van der Waals surface area contributed by atoms with Crippen LogP contribution in [0.2, 0.25) is 0 Å². The zero-order valence-corrected chi connectivity index (χ0v) is 11.3. The molecule has 100 valence electrons. The molecule has 18 heavy (non-hydrogen) atoms. The van der Waals surface area contributed by atoms with Gasteiger partial charge in [0.05, 0.1) is 0 Å². The van der Waals surface area contributed by atoms with E-state index in [9.17, 15) is 4.79 Å². The summed E-state index contributed by atoms with van der Waals surface area (Å²) in [7, 11) is 0. The number of nitrogens with two attached hydrogens (primary N) is 1. The third-order valence-corrected chi connectivity index (χ3v) is 2.57. The Morgan fingerprint density at radius 3 is 2.67 bits per heavy atom. The van der Waals surface area contributed by atoms with Crippen LogP contribution in [0.4, 0.5) is 0 Å². The summed E-state index contributed by atoms with van der Waals surface area (Å²) in [5.41, 5.74) is 6.94. The fourth-order valence-corrected chi connectivity index (χ4v) is 1.65. The van der Waals surface area contributed by atoms with Gasteiger partial charge < -0.3 is 15.8 Å². The van der Waals surface area contributed by atoms with Crippen molar-refractivity contribution in [1.82, 2.24) is 5.32 Å². The number of carbonyl (C=O) groups excluding carboxylic acids is 1. The average Bonchev–Trinajstić information content (AvgIpc) is 2.35. The molecule has 0 aliphatic carbocycles. The van der Waals surface area contributed by atoms with Gasteiger partial charge in [-0.25, -0.2) is 0 Å². The van der Waals surface area contributed by atoms with Crippen LogP contribution in [0.3, 0.4) is 0 Å². The molecule has 0 saturated carbocycles. The van der Waals surface area contributed by atoms with Crippen molar-refractivity contribution in [2.24, 2.45) is 5.73 Å². The molecule has 3 N–H and O–H groups in total. The molecule has 0 unspecified atom stereocenters. The van der Waals surface area contributed by atoms with Gasteiger partial charge in [-0.3, -0.25) is 4.79 Å². The van der Waals surface area contributed by atoms with Crippen LogP contribution in [0.15, 0.2) is 24.3 Å². The van der Waals surface area contributed by atoms with Gasteiger partial charge in [-0.1, -0.05) is 25.1 Å². The lowest BCUT2D eigenvalue weighted by atomic mass is 10.0. The van der Waals surface area contributed by atoms with Crippen LogP contribution < -0.4 is 15.8 Å². The topological polar surface area (TPSA) is 64.3 Å². The molecule has 1 atom stereocenters. The predicted molar refractivity (Wildman–Crippen MR) is 72.4 cm³/mol.